The van der Waals surface area contributed by atoms with Gasteiger partial charge in [-0.15, -0.1) is 0 Å². The number of carbonyl (C=O) groups is 1. The van der Waals surface area contributed by atoms with E-state index in [1.807, 2.05) is 4.90 Å². The van der Waals surface area contributed by atoms with E-state index in [-0.39, 0.29) is 11.9 Å². The SMILES string of the molecule is COC(=O)c1nccc(N2CC(N)C2)n1. The lowest BCUT2D eigenvalue weighted by atomic mass is 10.1. The zero-order valence-electron chi connectivity index (χ0n) is 8.38. The third-order valence-corrected chi connectivity index (χ3v) is 2.24. The van der Waals surface area contributed by atoms with E-state index in [4.69, 9.17) is 5.73 Å². The number of nitrogens with zero attached hydrogens (tertiary/aromatic N) is 3. The lowest BCUT2D eigenvalue weighted by Gasteiger charge is -2.37. The van der Waals surface area contributed by atoms with Crippen LogP contribution in [-0.2, 0) is 4.74 Å². The van der Waals surface area contributed by atoms with Crippen molar-refractivity contribution in [1.29, 1.82) is 0 Å². The van der Waals surface area contributed by atoms with E-state index in [9.17, 15) is 4.79 Å². The van der Waals surface area contributed by atoms with Crippen LogP contribution in [0.15, 0.2) is 12.3 Å². The molecule has 1 aliphatic heterocycles. The lowest BCUT2D eigenvalue weighted by molar-refractivity contribution is 0.0586. The zero-order chi connectivity index (χ0) is 10.8. The number of anilines is 1. The van der Waals surface area contributed by atoms with E-state index in [2.05, 4.69) is 14.7 Å². The number of nitrogens with two attached hydrogens (primary N) is 1. The molecule has 0 bridgehead atoms. The maximum atomic E-state index is 11.2. The van der Waals surface area contributed by atoms with Crippen LogP contribution in [0.5, 0.6) is 0 Å². The average molecular weight is 208 g/mol. The van der Waals surface area contributed by atoms with Gasteiger partial charge in [-0.2, -0.15) is 0 Å². The molecule has 1 aromatic rings. The number of ether oxygens (including phenoxy) is 1. The smallest absolute Gasteiger partial charge is 0.376 e. The number of hydrogen-bond donors (Lipinski definition) is 1. The predicted molar refractivity (Wildman–Crippen MR) is 53.6 cm³/mol. The highest BCUT2D eigenvalue weighted by Gasteiger charge is 2.25. The minimum Gasteiger partial charge on any atom is -0.463 e. The molecule has 1 aromatic heterocycles. The first-order valence-corrected chi connectivity index (χ1v) is 4.62. The summed E-state index contributed by atoms with van der Waals surface area (Å²) >= 11 is 0. The Balaban J connectivity index is 2.16. The van der Waals surface area contributed by atoms with E-state index < -0.39 is 5.97 Å². The van der Waals surface area contributed by atoms with Crippen molar-refractivity contribution in [3.05, 3.63) is 18.1 Å². The molecule has 2 heterocycles. The molecule has 6 nitrogen and oxygen atoms in total. The molecule has 0 aliphatic carbocycles. The number of rotatable bonds is 2. The van der Waals surface area contributed by atoms with E-state index in [1.165, 1.54) is 7.11 Å². The van der Waals surface area contributed by atoms with Crippen LogP contribution in [0, 0.1) is 0 Å². The molecule has 0 aromatic carbocycles. The zero-order valence-corrected chi connectivity index (χ0v) is 8.38. The third kappa shape index (κ3) is 1.89. The minimum absolute atomic E-state index is 0.0791. The summed E-state index contributed by atoms with van der Waals surface area (Å²) in [6, 6.07) is 1.94. The van der Waals surface area contributed by atoms with Gasteiger partial charge >= 0.3 is 5.97 Å². The Bertz CT molecular complexity index is 376. The highest BCUT2D eigenvalue weighted by Crippen LogP contribution is 2.16. The van der Waals surface area contributed by atoms with Gasteiger partial charge in [-0.3, -0.25) is 0 Å². The van der Waals surface area contributed by atoms with Gasteiger partial charge in [-0.05, 0) is 6.07 Å². The van der Waals surface area contributed by atoms with E-state index in [0.717, 1.165) is 13.1 Å². The van der Waals surface area contributed by atoms with E-state index in [1.54, 1.807) is 12.3 Å². The molecule has 0 spiro atoms. The van der Waals surface area contributed by atoms with Gasteiger partial charge in [-0.1, -0.05) is 0 Å². The fourth-order valence-corrected chi connectivity index (χ4v) is 1.41. The van der Waals surface area contributed by atoms with Crippen molar-refractivity contribution in [2.24, 2.45) is 5.73 Å². The highest BCUT2D eigenvalue weighted by atomic mass is 16.5. The Kier molecular flexibility index (Phi) is 2.51. The topological polar surface area (TPSA) is 81.3 Å². The number of esters is 1. The van der Waals surface area contributed by atoms with Gasteiger partial charge in [0.15, 0.2) is 0 Å². The Labute approximate surface area is 87.1 Å². The Morgan fingerprint density at radius 2 is 2.40 bits per heavy atom. The Hall–Kier alpha value is -1.69. The number of methoxy groups -OCH3 is 1. The highest BCUT2D eigenvalue weighted by molar-refractivity contribution is 5.85. The molecule has 6 heteroatoms. The van der Waals surface area contributed by atoms with Gasteiger partial charge in [-0.25, -0.2) is 14.8 Å². The van der Waals surface area contributed by atoms with Crippen LogP contribution < -0.4 is 10.6 Å². The second-order valence-corrected chi connectivity index (χ2v) is 3.40. The predicted octanol–water partition coefficient (Wildman–Crippen LogP) is -0.590. The largest absolute Gasteiger partial charge is 0.463 e. The van der Waals surface area contributed by atoms with Crippen molar-refractivity contribution < 1.29 is 9.53 Å². The molecule has 0 saturated carbocycles. The van der Waals surface area contributed by atoms with Crippen molar-refractivity contribution in [2.45, 2.75) is 6.04 Å². The second kappa shape index (κ2) is 3.82. The van der Waals surface area contributed by atoms with Crippen molar-refractivity contribution in [2.75, 3.05) is 25.1 Å². The number of hydrogen-bond acceptors (Lipinski definition) is 6. The van der Waals surface area contributed by atoms with Crippen LogP contribution in [0.2, 0.25) is 0 Å². The summed E-state index contributed by atoms with van der Waals surface area (Å²) in [6.45, 7) is 1.52. The van der Waals surface area contributed by atoms with E-state index in [0.29, 0.717) is 5.82 Å². The summed E-state index contributed by atoms with van der Waals surface area (Å²) < 4.78 is 4.54. The first-order chi connectivity index (χ1) is 7.20. The van der Waals surface area contributed by atoms with Crippen LogP contribution >= 0.6 is 0 Å². The lowest BCUT2D eigenvalue weighted by Crippen LogP contribution is -2.56. The summed E-state index contributed by atoms with van der Waals surface area (Å²) in [4.78, 5) is 21.1. The fourth-order valence-electron chi connectivity index (χ4n) is 1.41. The molecule has 80 valence electrons. The molecular formula is C9H12N4O2. The summed E-state index contributed by atoms with van der Waals surface area (Å²) in [6.07, 6.45) is 1.54. The molecule has 15 heavy (non-hydrogen) atoms. The molecule has 0 unspecified atom stereocenters. The van der Waals surface area contributed by atoms with Crippen LogP contribution in [0.25, 0.3) is 0 Å². The molecule has 2 rings (SSSR count). The second-order valence-electron chi connectivity index (χ2n) is 3.40. The van der Waals surface area contributed by atoms with Crippen LogP contribution in [-0.4, -0.2) is 42.2 Å². The van der Waals surface area contributed by atoms with Gasteiger partial charge in [0, 0.05) is 25.3 Å². The summed E-state index contributed by atoms with van der Waals surface area (Å²) in [7, 11) is 1.30. The quantitative estimate of drug-likeness (QED) is 0.654. The van der Waals surface area contributed by atoms with Gasteiger partial charge in [0.25, 0.3) is 0 Å². The summed E-state index contributed by atoms with van der Waals surface area (Å²) in [5, 5.41) is 0. The van der Waals surface area contributed by atoms with Crippen LogP contribution in [0.3, 0.4) is 0 Å². The molecule has 1 aliphatic rings. The first kappa shape index (κ1) is 9.85. The minimum atomic E-state index is -0.526. The first-order valence-electron chi connectivity index (χ1n) is 4.62. The third-order valence-electron chi connectivity index (χ3n) is 2.24. The number of aromatic nitrogens is 2. The monoisotopic (exact) mass is 208 g/mol. The maximum absolute atomic E-state index is 11.2. The van der Waals surface area contributed by atoms with Gasteiger partial charge < -0.3 is 15.4 Å². The van der Waals surface area contributed by atoms with Gasteiger partial charge in [0.2, 0.25) is 5.82 Å². The van der Waals surface area contributed by atoms with Crippen molar-refractivity contribution in [1.82, 2.24) is 9.97 Å². The molecule has 1 saturated heterocycles. The maximum Gasteiger partial charge on any atom is 0.376 e. The average Bonchev–Trinajstić information content (AvgIpc) is 2.24. The van der Waals surface area contributed by atoms with Gasteiger partial charge in [0.05, 0.1) is 7.11 Å². The van der Waals surface area contributed by atoms with Crippen molar-refractivity contribution in [3.63, 3.8) is 0 Å². The Morgan fingerprint density at radius 1 is 1.67 bits per heavy atom. The number of carbonyl (C=O) groups excluding carboxylic acids is 1. The summed E-state index contributed by atoms with van der Waals surface area (Å²) in [5.41, 5.74) is 5.65. The summed E-state index contributed by atoms with van der Waals surface area (Å²) in [5.74, 6) is 0.268. The molecular weight excluding hydrogens is 196 g/mol. The molecule has 1 fully saturated rings. The Morgan fingerprint density at radius 3 is 3.00 bits per heavy atom. The molecule has 0 radical (unpaired) electrons. The normalized spacial score (nSPS) is 16.0. The van der Waals surface area contributed by atoms with Crippen molar-refractivity contribution >= 4 is 11.8 Å². The van der Waals surface area contributed by atoms with Crippen LogP contribution in [0.1, 0.15) is 10.6 Å². The van der Waals surface area contributed by atoms with Gasteiger partial charge in [0.1, 0.15) is 5.82 Å². The van der Waals surface area contributed by atoms with E-state index >= 15 is 0 Å². The standard InChI is InChI=1S/C9H12N4O2/c1-15-9(14)8-11-3-2-7(12-8)13-4-6(10)5-13/h2-3,6H,4-5,10H2,1H3. The van der Waals surface area contributed by atoms with Crippen molar-refractivity contribution in [3.8, 4) is 0 Å². The van der Waals surface area contributed by atoms with Crippen LogP contribution in [0.4, 0.5) is 5.82 Å². The molecule has 0 atom stereocenters. The molecule has 2 N–H and O–H groups in total. The fraction of sp³-hybridized carbons (Fsp3) is 0.444. The molecule has 0 amide bonds.